The van der Waals surface area contributed by atoms with Gasteiger partial charge in [-0.05, 0) is 115 Å². The number of ketones is 1. The van der Waals surface area contributed by atoms with Crippen LogP contribution in [-0.2, 0) is 20.9 Å². The predicted octanol–water partition coefficient (Wildman–Crippen LogP) is 8.80. The van der Waals surface area contributed by atoms with Gasteiger partial charge in [0.25, 0.3) is 0 Å². The number of aliphatic hydroxyl groups is 1. The molecule has 0 unspecified atom stereocenters. The van der Waals surface area contributed by atoms with E-state index in [9.17, 15) is 19.1 Å². The zero-order valence-corrected chi connectivity index (χ0v) is 29.4. The molecule has 2 aliphatic rings. The Labute approximate surface area is 280 Å². The summed E-state index contributed by atoms with van der Waals surface area (Å²) in [6, 6.07) is 6.27. The minimum atomic E-state index is -0.696. The molecule has 1 N–H and O–H groups in total. The van der Waals surface area contributed by atoms with Crippen molar-refractivity contribution in [3.05, 3.63) is 76.9 Å². The summed E-state index contributed by atoms with van der Waals surface area (Å²) in [5, 5.41) is 19.3. The Balaban J connectivity index is 1.18. The van der Waals surface area contributed by atoms with E-state index in [2.05, 4.69) is 57.1 Å². The highest BCUT2D eigenvalue weighted by Gasteiger charge is 2.59. The highest BCUT2D eigenvalue weighted by atomic mass is 19.1. The number of benzene rings is 1. The molecule has 2 saturated carbocycles. The topological polar surface area (TPSA) is 94.3 Å². The molecule has 8 heteroatoms. The lowest BCUT2D eigenvalue weighted by Gasteiger charge is -2.60. The van der Waals surface area contributed by atoms with E-state index in [0.29, 0.717) is 29.4 Å². The van der Waals surface area contributed by atoms with Gasteiger partial charge in [0.2, 0.25) is 0 Å². The lowest BCUT2D eigenvalue weighted by atomic mass is 9.45. The van der Waals surface area contributed by atoms with Crippen molar-refractivity contribution >= 4 is 11.8 Å². The second-order valence-corrected chi connectivity index (χ2v) is 15.0. The first-order chi connectivity index (χ1) is 22.1. The molecule has 47 heavy (non-hydrogen) atoms. The Morgan fingerprint density at radius 2 is 1.68 bits per heavy atom. The van der Waals surface area contributed by atoms with E-state index in [1.165, 1.54) is 21.9 Å². The van der Waals surface area contributed by atoms with Crippen molar-refractivity contribution in [1.82, 2.24) is 15.0 Å². The van der Waals surface area contributed by atoms with Gasteiger partial charge in [0.05, 0.1) is 11.8 Å². The van der Waals surface area contributed by atoms with Crippen molar-refractivity contribution in [2.24, 2.45) is 22.7 Å². The number of fused-ring (bicyclic) bond motifs is 1. The number of halogens is 1. The van der Waals surface area contributed by atoms with Gasteiger partial charge in [0.1, 0.15) is 29.6 Å². The zero-order valence-electron chi connectivity index (χ0n) is 29.4. The minimum Gasteiger partial charge on any atom is -0.456 e. The van der Waals surface area contributed by atoms with E-state index in [0.717, 1.165) is 57.8 Å². The highest BCUT2D eigenvalue weighted by molar-refractivity contribution is 5.87. The Kier molecular flexibility index (Phi) is 11.8. The fourth-order valence-electron chi connectivity index (χ4n) is 8.19. The molecule has 4 atom stereocenters. The summed E-state index contributed by atoms with van der Waals surface area (Å²) in [4.78, 5) is 25.2. The molecule has 2 fully saturated rings. The molecule has 1 heterocycles. The number of carbonyl (C=O) groups is 2. The number of carbonyl (C=O) groups excluding carboxylic acids is 2. The predicted molar refractivity (Wildman–Crippen MR) is 183 cm³/mol. The van der Waals surface area contributed by atoms with Crippen LogP contribution in [0.5, 0.6) is 0 Å². The van der Waals surface area contributed by atoms with E-state index in [4.69, 9.17) is 4.74 Å². The van der Waals surface area contributed by atoms with Crippen molar-refractivity contribution in [1.29, 1.82) is 0 Å². The third-order valence-corrected chi connectivity index (χ3v) is 11.0. The van der Waals surface area contributed by atoms with Crippen LogP contribution in [-0.4, -0.2) is 37.5 Å². The van der Waals surface area contributed by atoms with Gasteiger partial charge in [0.15, 0.2) is 0 Å². The van der Waals surface area contributed by atoms with Crippen molar-refractivity contribution < 1.29 is 23.8 Å². The van der Waals surface area contributed by atoms with E-state index >= 15 is 0 Å². The second-order valence-electron chi connectivity index (χ2n) is 15.0. The smallest absolute Gasteiger partial charge is 0.333 e. The fourth-order valence-corrected chi connectivity index (χ4v) is 8.19. The first-order valence-corrected chi connectivity index (χ1v) is 17.2. The summed E-state index contributed by atoms with van der Waals surface area (Å²) < 4.78 is 20.7. The molecule has 0 spiro atoms. The van der Waals surface area contributed by atoms with E-state index in [1.54, 1.807) is 31.3 Å². The summed E-state index contributed by atoms with van der Waals surface area (Å²) in [5.74, 6) is 0.0697. The Bertz CT molecular complexity index is 1520. The average Bonchev–Trinajstić information content (AvgIpc) is 3.48. The molecule has 1 aromatic carbocycles. The lowest BCUT2D eigenvalue weighted by Crippen LogP contribution is -2.59. The molecular formula is C39H54FN3O4. The quantitative estimate of drug-likeness (QED) is 0.133. The molecular weight excluding hydrogens is 593 g/mol. The molecule has 0 radical (unpaired) electrons. The molecule has 0 aliphatic heterocycles. The van der Waals surface area contributed by atoms with Crippen LogP contribution in [0.2, 0.25) is 0 Å². The SMILES string of the molecule is C/C(=C\CC/C(C)=C/CC[C@@H]1[C@@]2(C)CCC(=O)C(C)(C)[C@H]2CC[C@@]1(C)O)CC/C=C(\C)C(=O)OCc1cn(-c2ccccc2F)nn1. The summed E-state index contributed by atoms with van der Waals surface area (Å²) in [5.41, 5.74) is 2.88. The standard InChI is InChI=1S/C39H54FN3O4/c1-27(15-11-17-29(3)36(45)47-26-30-25-43(42-41-30)32-19-9-8-18-31(32)40)13-10-14-28(2)16-12-20-34-38(6)23-22-35(44)37(4,5)33(38)21-24-39(34,7)46/h8-9,13,16-19,25,33-34,46H,10-12,14-15,20-24,26H2,1-7H3/b27-13+,28-16+,29-17+/t33-,34-,38+,39-/m1/s1. The first-order valence-electron chi connectivity index (χ1n) is 17.2. The van der Waals surface area contributed by atoms with Crippen LogP contribution in [0.15, 0.2) is 65.4 Å². The first kappa shape index (κ1) is 36.4. The molecule has 1 aromatic heterocycles. The van der Waals surface area contributed by atoms with Crippen LogP contribution in [0.4, 0.5) is 4.39 Å². The number of allylic oxidation sites excluding steroid dienone is 5. The molecule has 0 bridgehead atoms. The number of para-hydroxylation sites is 1. The average molecular weight is 648 g/mol. The van der Waals surface area contributed by atoms with Crippen molar-refractivity contribution in [2.75, 3.05) is 0 Å². The molecule has 7 nitrogen and oxygen atoms in total. The number of rotatable bonds is 13. The monoisotopic (exact) mass is 647 g/mol. The van der Waals surface area contributed by atoms with Gasteiger partial charge in [-0.15, -0.1) is 5.10 Å². The van der Waals surface area contributed by atoms with Gasteiger partial charge in [-0.25, -0.2) is 13.9 Å². The van der Waals surface area contributed by atoms with Crippen LogP contribution in [0.25, 0.3) is 5.69 Å². The van der Waals surface area contributed by atoms with Gasteiger partial charge in [-0.1, -0.05) is 67.5 Å². The van der Waals surface area contributed by atoms with Crippen LogP contribution >= 0.6 is 0 Å². The van der Waals surface area contributed by atoms with Crippen molar-refractivity contribution in [2.45, 2.75) is 125 Å². The number of Topliss-reactive ketones (excluding diaryl/α,β-unsaturated/α-hetero) is 1. The summed E-state index contributed by atoms with van der Waals surface area (Å²) in [6.07, 6.45) is 16.7. The summed E-state index contributed by atoms with van der Waals surface area (Å²) >= 11 is 0. The molecule has 0 amide bonds. The second kappa shape index (κ2) is 15.2. The van der Waals surface area contributed by atoms with E-state index < -0.39 is 17.4 Å². The molecule has 2 aliphatic carbocycles. The number of hydrogen-bond donors (Lipinski definition) is 1. The molecule has 4 rings (SSSR count). The maximum Gasteiger partial charge on any atom is 0.333 e. The van der Waals surface area contributed by atoms with Gasteiger partial charge < -0.3 is 9.84 Å². The fraction of sp³-hybridized carbons (Fsp3) is 0.590. The molecule has 256 valence electrons. The minimum absolute atomic E-state index is 0.0177. The maximum absolute atomic E-state index is 14.0. The Morgan fingerprint density at radius 3 is 2.38 bits per heavy atom. The van der Waals surface area contributed by atoms with E-state index in [1.807, 2.05) is 13.0 Å². The normalized spacial score (nSPS) is 26.7. The summed E-state index contributed by atoms with van der Waals surface area (Å²) in [7, 11) is 0. The Morgan fingerprint density at radius 1 is 1.02 bits per heavy atom. The van der Waals surface area contributed by atoms with Crippen LogP contribution < -0.4 is 0 Å². The number of aromatic nitrogens is 3. The maximum atomic E-state index is 14.0. The number of hydrogen-bond acceptors (Lipinski definition) is 6. The number of nitrogens with zero attached hydrogens (tertiary/aromatic N) is 3. The molecule has 2 aromatic rings. The third kappa shape index (κ3) is 8.75. The lowest BCUT2D eigenvalue weighted by molar-refractivity contribution is -0.177. The zero-order chi connectivity index (χ0) is 34.4. The van der Waals surface area contributed by atoms with Crippen LogP contribution in [0, 0.1) is 28.5 Å². The van der Waals surface area contributed by atoms with Gasteiger partial charge >= 0.3 is 5.97 Å². The Hall–Kier alpha value is -3.39. The van der Waals surface area contributed by atoms with E-state index in [-0.39, 0.29) is 29.0 Å². The molecule has 0 saturated heterocycles. The summed E-state index contributed by atoms with van der Waals surface area (Å²) in [6.45, 7) is 14.6. The number of ether oxygens (including phenoxy) is 1. The van der Waals surface area contributed by atoms with Crippen molar-refractivity contribution in [3.63, 3.8) is 0 Å². The van der Waals surface area contributed by atoms with Crippen LogP contribution in [0.3, 0.4) is 0 Å². The highest BCUT2D eigenvalue weighted by Crippen LogP contribution is 2.62. The van der Waals surface area contributed by atoms with Gasteiger partial charge in [-0.2, -0.15) is 0 Å². The van der Waals surface area contributed by atoms with Crippen molar-refractivity contribution in [3.8, 4) is 5.69 Å². The van der Waals surface area contributed by atoms with Gasteiger partial charge in [-0.3, -0.25) is 4.79 Å². The number of esters is 1. The third-order valence-electron chi connectivity index (χ3n) is 11.0. The van der Waals surface area contributed by atoms with Crippen LogP contribution in [0.1, 0.15) is 118 Å². The largest absolute Gasteiger partial charge is 0.456 e. The van der Waals surface area contributed by atoms with Gasteiger partial charge in [0, 0.05) is 17.4 Å².